The van der Waals surface area contributed by atoms with Gasteiger partial charge in [0.05, 0.1) is 21.3 Å². The second-order valence-electron chi connectivity index (χ2n) is 13.4. The summed E-state index contributed by atoms with van der Waals surface area (Å²) in [5, 5.41) is 0.830. The molecule has 50 heavy (non-hydrogen) atoms. The zero-order valence-corrected chi connectivity index (χ0v) is 31.9. The number of rotatable bonds is 19. The van der Waals surface area contributed by atoms with E-state index in [2.05, 4.69) is 18.7 Å². The fourth-order valence-corrected chi connectivity index (χ4v) is 10.7. The summed E-state index contributed by atoms with van der Waals surface area (Å²) in [6.07, 6.45) is 11.6. The number of aldehydes is 1. The summed E-state index contributed by atoms with van der Waals surface area (Å²) in [5.74, 6) is 0.872. The maximum atomic E-state index is 13.4. The Labute approximate surface area is 302 Å². The number of piperidine rings is 1. The number of carbonyl (C=O) groups excluding carboxylic acids is 1. The number of benzene rings is 3. The number of hydrogen-bond donors (Lipinski definition) is 0. The number of ether oxygens (including phenoxy) is 1. The Bertz CT molecular complexity index is 1940. The molecule has 0 spiro atoms. The van der Waals surface area contributed by atoms with Crippen molar-refractivity contribution in [2.45, 2.75) is 94.3 Å². The number of carbonyl (C=O) groups is 1. The minimum atomic E-state index is -3.48. The molecule has 4 aromatic rings. The van der Waals surface area contributed by atoms with Crippen molar-refractivity contribution in [3.05, 3.63) is 66.2 Å². The average Bonchev–Trinajstić information content (AvgIpc) is 3.51. The van der Waals surface area contributed by atoms with E-state index in [1.54, 1.807) is 30.3 Å². The lowest BCUT2D eigenvalue weighted by Gasteiger charge is -2.26. The summed E-state index contributed by atoms with van der Waals surface area (Å²) < 4.78 is 59.9. The Kier molecular flexibility index (Phi) is 13.7. The molecule has 0 saturated carbocycles. The van der Waals surface area contributed by atoms with Crippen molar-refractivity contribution in [2.75, 3.05) is 37.7 Å². The highest BCUT2D eigenvalue weighted by Crippen LogP contribution is 2.47. The maximum Gasteiger partial charge on any atom is 0.178 e. The predicted molar refractivity (Wildman–Crippen MR) is 206 cm³/mol. The van der Waals surface area contributed by atoms with Crippen molar-refractivity contribution in [3.8, 4) is 27.3 Å². The van der Waals surface area contributed by atoms with Crippen LogP contribution in [-0.2, 0) is 19.7 Å². The van der Waals surface area contributed by atoms with Crippen LogP contribution in [0.3, 0.4) is 0 Å². The van der Waals surface area contributed by atoms with Gasteiger partial charge in [-0.3, -0.25) is 9.69 Å². The number of sulfone groups is 2. The van der Waals surface area contributed by atoms with Crippen LogP contribution < -0.4 is 4.74 Å². The van der Waals surface area contributed by atoms with Gasteiger partial charge in [0.25, 0.3) is 0 Å². The Morgan fingerprint density at radius 3 is 2.02 bits per heavy atom. The van der Waals surface area contributed by atoms with Gasteiger partial charge in [-0.2, -0.15) is 0 Å². The average molecular weight is 738 g/mol. The third-order valence-electron chi connectivity index (χ3n) is 9.58. The quantitative estimate of drug-likeness (QED) is 0.0698. The monoisotopic (exact) mass is 737 g/mol. The van der Waals surface area contributed by atoms with Crippen LogP contribution in [0.5, 0.6) is 5.75 Å². The van der Waals surface area contributed by atoms with Crippen LogP contribution in [0.4, 0.5) is 0 Å². The van der Waals surface area contributed by atoms with E-state index in [-0.39, 0.29) is 21.3 Å². The minimum Gasteiger partial charge on any atom is -0.492 e. The lowest BCUT2D eigenvalue weighted by atomic mass is 9.95. The van der Waals surface area contributed by atoms with E-state index in [0.29, 0.717) is 36.3 Å². The third-order valence-corrected chi connectivity index (χ3v) is 14.4. The molecule has 1 fully saturated rings. The molecule has 1 aromatic heterocycles. The Morgan fingerprint density at radius 1 is 0.740 bits per heavy atom. The molecule has 0 atom stereocenters. The van der Waals surface area contributed by atoms with Gasteiger partial charge in [-0.05, 0) is 92.4 Å². The van der Waals surface area contributed by atoms with Crippen LogP contribution in [0.1, 0.15) is 94.8 Å². The van der Waals surface area contributed by atoms with E-state index in [9.17, 15) is 21.6 Å². The van der Waals surface area contributed by atoms with Crippen LogP contribution in [0.25, 0.3) is 31.7 Å². The summed E-state index contributed by atoms with van der Waals surface area (Å²) >= 11 is 1.45. The van der Waals surface area contributed by atoms with E-state index >= 15 is 0 Å². The van der Waals surface area contributed by atoms with Crippen LogP contribution in [0.15, 0.2) is 70.5 Å². The highest BCUT2D eigenvalue weighted by Gasteiger charge is 2.23. The van der Waals surface area contributed by atoms with E-state index in [1.807, 2.05) is 30.3 Å². The van der Waals surface area contributed by atoms with Gasteiger partial charge in [0, 0.05) is 32.6 Å². The smallest absolute Gasteiger partial charge is 0.178 e. The molecule has 270 valence electrons. The molecule has 0 radical (unpaired) electrons. The fourth-order valence-electron chi connectivity index (χ4n) is 6.65. The van der Waals surface area contributed by atoms with Gasteiger partial charge >= 0.3 is 0 Å². The van der Waals surface area contributed by atoms with Crippen molar-refractivity contribution >= 4 is 47.4 Å². The van der Waals surface area contributed by atoms with Gasteiger partial charge < -0.3 is 4.74 Å². The number of fused-ring (bicyclic) bond motifs is 1. The molecule has 1 aliphatic heterocycles. The summed E-state index contributed by atoms with van der Waals surface area (Å²) in [6, 6.07) is 17.7. The molecule has 3 aromatic carbocycles. The summed E-state index contributed by atoms with van der Waals surface area (Å²) in [6.45, 7) is 7.73. The maximum absolute atomic E-state index is 13.4. The summed E-state index contributed by atoms with van der Waals surface area (Å²) in [5.41, 5.74) is 2.78. The van der Waals surface area contributed by atoms with Crippen LogP contribution in [0.2, 0.25) is 0 Å². The molecule has 7 nitrogen and oxygen atoms in total. The number of nitrogens with zero attached hydrogens (tertiary/aromatic N) is 1. The first-order chi connectivity index (χ1) is 24.2. The number of likely N-dealkylation sites (tertiary alicyclic amines) is 1. The third kappa shape index (κ3) is 9.63. The molecule has 10 heteroatoms. The van der Waals surface area contributed by atoms with Gasteiger partial charge in [-0.25, -0.2) is 16.8 Å². The number of unbranched alkanes of at least 4 members (excludes halogenated alkanes) is 6. The van der Waals surface area contributed by atoms with E-state index < -0.39 is 19.7 Å². The van der Waals surface area contributed by atoms with Crippen molar-refractivity contribution in [1.82, 2.24) is 4.90 Å². The SMILES string of the molecule is CCCCCCS(=O)(=O)c1ccc(-c2sc3cc(S(=O)(=O)CCCCCC)ccc3c2-c2cc(OCCN3CCCCC3)ccc2C=O)cc1. The van der Waals surface area contributed by atoms with Gasteiger partial charge in [-0.15, -0.1) is 11.3 Å². The lowest BCUT2D eigenvalue weighted by Crippen LogP contribution is -2.33. The molecule has 0 amide bonds. The Hall–Kier alpha value is -3.05. The van der Waals surface area contributed by atoms with Crippen molar-refractivity contribution in [3.63, 3.8) is 0 Å². The molecule has 2 heterocycles. The topological polar surface area (TPSA) is 97.8 Å². The van der Waals surface area contributed by atoms with Crippen LogP contribution >= 0.6 is 11.3 Å². The van der Waals surface area contributed by atoms with Crippen molar-refractivity contribution in [2.24, 2.45) is 0 Å². The zero-order valence-electron chi connectivity index (χ0n) is 29.5. The lowest BCUT2D eigenvalue weighted by molar-refractivity contribution is 0.112. The molecule has 1 aliphatic rings. The Balaban J connectivity index is 1.54. The molecular weight excluding hydrogens is 687 g/mol. The number of thiophene rings is 1. The molecule has 0 N–H and O–H groups in total. The Morgan fingerprint density at radius 2 is 1.38 bits per heavy atom. The van der Waals surface area contributed by atoms with Gasteiger partial charge in [-0.1, -0.05) is 77.0 Å². The first-order valence-electron chi connectivity index (χ1n) is 18.2. The van der Waals surface area contributed by atoms with Gasteiger partial charge in [0.15, 0.2) is 26.0 Å². The van der Waals surface area contributed by atoms with E-state index in [0.717, 1.165) is 90.5 Å². The van der Waals surface area contributed by atoms with E-state index in [4.69, 9.17) is 4.74 Å². The normalized spacial score (nSPS) is 14.3. The largest absolute Gasteiger partial charge is 0.492 e. The molecule has 1 saturated heterocycles. The second kappa shape index (κ2) is 17.9. The molecule has 0 bridgehead atoms. The fraction of sp³-hybridized carbons (Fsp3) is 0.475. The van der Waals surface area contributed by atoms with Gasteiger partial charge in [0.1, 0.15) is 12.4 Å². The molecule has 5 rings (SSSR count). The first kappa shape index (κ1) is 38.2. The zero-order chi connectivity index (χ0) is 35.6. The van der Waals surface area contributed by atoms with Crippen molar-refractivity contribution < 1.29 is 26.4 Å². The highest BCUT2D eigenvalue weighted by molar-refractivity contribution is 7.91. The highest BCUT2D eigenvalue weighted by atomic mass is 32.2. The summed E-state index contributed by atoms with van der Waals surface area (Å²) in [7, 11) is -6.90. The van der Waals surface area contributed by atoms with Crippen molar-refractivity contribution in [1.29, 1.82) is 0 Å². The first-order valence-corrected chi connectivity index (χ1v) is 22.4. The minimum absolute atomic E-state index is 0.101. The van der Waals surface area contributed by atoms with Crippen LogP contribution in [0, 0.1) is 0 Å². The van der Waals surface area contributed by atoms with Gasteiger partial charge in [0.2, 0.25) is 0 Å². The molecular formula is C40H51NO6S3. The van der Waals surface area contributed by atoms with E-state index in [1.165, 1.54) is 30.6 Å². The number of hydrogen-bond acceptors (Lipinski definition) is 8. The predicted octanol–water partition coefficient (Wildman–Crippen LogP) is 9.62. The van der Waals surface area contributed by atoms with Crippen LogP contribution in [-0.4, -0.2) is 65.8 Å². The standard InChI is InChI=1S/C40H51NO6S3/c1-3-5-7-12-26-49(43,44)34-18-15-31(16-19-34)40-39(36-21-20-35(29-38(36)48-40)50(45,46)27-13-8-6-4-2)37-28-33(17-14-32(37)30-42)47-25-24-41-22-10-9-11-23-41/h14-21,28-30H,3-13,22-27H2,1-2H3. The molecule has 0 unspecified atom stereocenters. The summed E-state index contributed by atoms with van der Waals surface area (Å²) in [4.78, 5) is 16.3. The second-order valence-corrected chi connectivity index (χ2v) is 18.6. The molecule has 0 aliphatic carbocycles.